The molecule has 2 saturated heterocycles. The van der Waals surface area contributed by atoms with Gasteiger partial charge in [-0.3, -0.25) is 28.8 Å². The topological polar surface area (TPSA) is 276 Å². The Balaban J connectivity index is 0.00000131. The van der Waals surface area contributed by atoms with Crippen molar-refractivity contribution in [2.24, 2.45) is 53.3 Å². The number of carboxylic acid groups (broad SMARTS) is 2. The number of carbonyl (C=O) groups excluding carboxylic acids is 4. The summed E-state index contributed by atoms with van der Waals surface area (Å²) < 4.78 is 67.4. The molecule has 5 rings (SSSR count). The maximum atomic E-state index is 12.1. The summed E-state index contributed by atoms with van der Waals surface area (Å²) >= 11 is 0. The number of ether oxygens (including phenoxy) is 2. The average Bonchev–Trinajstić information content (AvgIpc) is 1.62. The van der Waals surface area contributed by atoms with Gasteiger partial charge in [0, 0.05) is 21.1 Å². The van der Waals surface area contributed by atoms with E-state index in [0.29, 0.717) is 19.3 Å². The second-order valence-electron chi connectivity index (χ2n) is 33.6. The van der Waals surface area contributed by atoms with Crippen molar-refractivity contribution in [3.8, 4) is 0 Å². The van der Waals surface area contributed by atoms with Crippen molar-refractivity contribution < 1.29 is 112 Å². The van der Waals surface area contributed by atoms with Crippen molar-refractivity contribution in [3.05, 3.63) is 49.1 Å². The molecular formula is C63H130O20PtSi12. The second-order valence-corrected chi connectivity index (χ2v) is 81.6. The van der Waals surface area contributed by atoms with Gasteiger partial charge in [0.25, 0.3) is 9.28 Å². The molecule has 12 unspecified atom stereocenters. The van der Waals surface area contributed by atoms with Gasteiger partial charge in [0.05, 0.1) is 35.5 Å². The molecule has 0 amide bonds. The standard InChI is InChI=1S/C21H44O7Si4.C21H42O6Si4.C12H14O3.C9H28O3Si4.H2O.Pt/c1-29(2,3)26-31(7,8)28-32(9,27-30(4,5)6)16-11-10-13-17-14-12-15-18(20(22)23)19(17)21(24)25;1-28(2,3)25-30(7,8)27-31(9,26-29(4,5)6)16-11-10-13-17-14-12-15-18-19(17)21(23)24-20(18)22;1-2-3-5-8-6-4-7-9-10(8)12(14)15-11(9)13;1-13(10-14(2,3)4)11-16(8,9)12-15(5,6)7;;/h12,14,17-19H,10-11,13,15-16H2,1-9H3,(H,22,23)(H,24,25);12,14,17-19H,10-11,13,15-16H2,1-9H3;2,4,6,8-10H,1,3,5,7H2;13H,1-9H3;1H2;. The monoisotopic (exact) mass is 1740 g/mol. The minimum Gasteiger partial charge on any atom is -0.481 e. The maximum absolute atomic E-state index is 12.1. The largest absolute Gasteiger partial charge is 0.481 e. The summed E-state index contributed by atoms with van der Waals surface area (Å²) in [6, 6.07) is 1.73. The number of carbonyl (C=O) groups is 6. The smallest absolute Gasteiger partial charge is 0.318 e. The Kier molecular flexibility index (Phi) is 38.9. The fourth-order valence-electron chi connectivity index (χ4n) is 13.7. The summed E-state index contributed by atoms with van der Waals surface area (Å²) in [6.07, 6.45) is 22.1. The van der Waals surface area contributed by atoms with Crippen LogP contribution in [-0.2, 0) is 96.3 Å². The first-order chi connectivity index (χ1) is 42.4. The summed E-state index contributed by atoms with van der Waals surface area (Å²) in [4.78, 5) is 70.1. The van der Waals surface area contributed by atoms with Gasteiger partial charge in [0.2, 0.25) is 0 Å². The normalized spacial score (nSPS) is 24.6. The Morgan fingerprint density at radius 1 is 0.469 bits per heavy atom. The van der Waals surface area contributed by atoms with E-state index in [-0.39, 0.29) is 98.3 Å². The predicted octanol–water partition coefficient (Wildman–Crippen LogP) is 15.4. The quantitative estimate of drug-likeness (QED) is 0.0203. The van der Waals surface area contributed by atoms with E-state index in [9.17, 15) is 39.0 Å². The van der Waals surface area contributed by atoms with Crippen molar-refractivity contribution in [1.82, 2.24) is 0 Å². The Hall–Kier alpha value is -0.929. The maximum Gasteiger partial charge on any atom is 0.318 e. The summed E-state index contributed by atoms with van der Waals surface area (Å²) in [6.45, 7) is 62.3. The summed E-state index contributed by atoms with van der Waals surface area (Å²) in [5.74, 6) is -6.26. The molecule has 12 atom stereocenters. The van der Waals surface area contributed by atoms with Gasteiger partial charge in [-0.15, -0.1) is 6.58 Å². The molecule has 0 radical (unpaired) electrons. The molecule has 2 aliphatic heterocycles. The number of unbranched alkanes of at least 4 members (excludes halogenated alkanes) is 2. The zero-order valence-electron chi connectivity index (χ0n) is 63.9. The molecule has 2 heterocycles. The van der Waals surface area contributed by atoms with Crippen LogP contribution in [0, 0.1) is 53.3 Å². The van der Waals surface area contributed by atoms with Crippen molar-refractivity contribution in [2.45, 2.75) is 259 Å². The SMILES string of the molecule is C=CCCC1C=CCC2C(=O)OC(=O)C12.C[SiH](O[Si](C)(C)C)O[Si](C)(C)O[Si](C)(C)C.C[Si](C)(C)O[Si](C)(C)O[Si](C)(CCCCC1C=CCC(C(=O)O)C1C(=O)O)O[Si](C)(C)C.C[Si](C)(C)O[Si](C)(C)O[Si](C)(CCCCC1C=CCC2C(=O)OC(=O)C12)O[Si](C)(C)C.O.[Pt]. The first-order valence-electron chi connectivity index (χ1n) is 34.2. The van der Waals surface area contributed by atoms with E-state index in [1.807, 2.05) is 36.5 Å². The molecule has 0 spiro atoms. The molecule has 0 aromatic carbocycles. The first kappa shape index (κ1) is 95.1. The molecule has 96 heavy (non-hydrogen) atoms. The molecule has 0 aromatic rings. The fourth-order valence-corrected chi connectivity index (χ4v) is 64.1. The van der Waals surface area contributed by atoms with E-state index in [2.05, 4.69) is 194 Å². The van der Waals surface area contributed by atoms with Gasteiger partial charge >= 0.3 is 78.6 Å². The van der Waals surface area contributed by atoms with E-state index in [1.165, 1.54) is 0 Å². The third-order valence-corrected chi connectivity index (χ3v) is 54.6. The third kappa shape index (κ3) is 37.5. The summed E-state index contributed by atoms with van der Waals surface area (Å²) in [7, 11) is -23.0. The van der Waals surface area contributed by atoms with Crippen molar-refractivity contribution in [1.29, 1.82) is 0 Å². The van der Waals surface area contributed by atoms with Crippen LogP contribution in [0.3, 0.4) is 0 Å². The van der Waals surface area contributed by atoms with Crippen LogP contribution in [0.2, 0.25) is 189 Å². The molecule has 33 heteroatoms. The number of hydrogen-bond donors (Lipinski definition) is 2. The summed E-state index contributed by atoms with van der Waals surface area (Å²) in [5, 5.41) is 19.1. The molecule has 20 nitrogen and oxygen atoms in total. The molecule has 3 aliphatic carbocycles. The Bertz CT molecular complexity index is 2610. The first-order valence-corrected chi connectivity index (χ1v) is 70.3. The van der Waals surface area contributed by atoms with Crippen LogP contribution in [-0.4, -0.2) is 153 Å². The number of fused-ring (bicyclic) bond motifs is 2. The number of allylic oxidation sites excluding steroid dienone is 7. The van der Waals surface area contributed by atoms with E-state index in [1.54, 1.807) is 0 Å². The molecule has 560 valence electrons. The minimum absolute atomic E-state index is 0. The van der Waals surface area contributed by atoms with Gasteiger partial charge in [-0.25, -0.2) is 0 Å². The number of hydrogen-bond acceptors (Lipinski definition) is 17. The van der Waals surface area contributed by atoms with Crippen molar-refractivity contribution in [3.63, 3.8) is 0 Å². The molecule has 0 saturated carbocycles. The number of esters is 4. The van der Waals surface area contributed by atoms with Gasteiger partial charge in [0.15, 0.2) is 49.9 Å². The van der Waals surface area contributed by atoms with Crippen LogP contribution in [0.4, 0.5) is 0 Å². The van der Waals surface area contributed by atoms with Crippen LogP contribution >= 0.6 is 0 Å². The van der Waals surface area contributed by atoms with Crippen molar-refractivity contribution >= 4 is 138 Å². The third-order valence-electron chi connectivity index (χ3n) is 15.3. The average molecular weight is 1740 g/mol. The van der Waals surface area contributed by atoms with E-state index in [0.717, 1.165) is 57.0 Å². The van der Waals surface area contributed by atoms with Crippen LogP contribution in [0.1, 0.15) is 70.6 Å². The Morgan fingerprint density at radius 2 is 0.812 bits per heavy atom. The van der Waals surface area contributed by atoms with E-state index in [4.69, 9.17) is 41.8 Å². The van der Waals surface area contributed by atoms with E-state index >= 15 is 0 Å². The van der Waals surface area contributed by atoms with Gasteiger partial charge in [-0.1, -0.05) is 68.2 Å². The molecule has 0 bridgehead atoms. The van der Waals surface area contributed by atoms with Crippen molar-refractivity contribution in [2.75, 3.05) is 0 Å². The summed E-state index contributed by atoms with van der Waals surface area (Å²) in [5.41, 5.74) is 0. The van der Waals surface area contributed by atoms with Crippen LogP contribution in [0.25, 0.3) is 0 Å². The van der Waals surface area contributed by atoms with Crippen LogP contribution in [0.5, 0.6) is 0 Å². The van der Waals surface area contributed by atoms with Crippen LogP contribution < -0.4 is 0 Å². The Morgan fingerprint density at radius 3 is 1.16 bits per heavy atom. The minimum atomic E-state index is -2.48. The van der Waals surface area contributed by atoms with E-state index < -0.39 is 126 Å². The zero-order valence-corrected chi connectivity index (χ0v) is 78.3. The second kappa shape index (κ2) is 39.3. The van der Waals surface area contributed by atoms with Gasteiger partial charge in [-0.2, -0.15) is 0 Å². The Labute approximate surface area is 607 Å². The van der Waals surface area contributed by atoms with Gasteiger partial charge in [-0.05, 0) is 252 Å². The number of carboxylic acids is 2. The predicted molar refractivity (Wildman–Crippen MR) is 409 cm³/mol. The fraction of sp³-hybridized carbons (Fsp3) is 0.778. The number of rotatable bonds is 33. The molecular weight excluding hydrogens is 1610 g/mol. The number of aliphatic carboxylic acids is 2. The van der Waals surface area contributed by atoms with Crippen LogP contribution in [0.15, 0.2) is 49.1 Å². The molecule has 4 N–H and O–H groups in total. The molecule has 0 aromatic heterocycles. The molecule has 5 aliphatic rings. The zero-order chi connectivity index (χ0) is 72.7. The molecule has 2 fully saturated rings. The van der Waals surface area contributed by atoms with Gasteiger partial charge < -0.3 is 62.2 Å². The number of cyclic esters (lactones) is 4. The van der Waals surface area contributed by atoms with Gasteiger partial charge in [0.1, 0.15) is 0 Å².